The first-order valence-corrected chi connectivity index (χ1v) is 13.4. The van der Waals surface area contributed by atoms with Gasteiger partial charge in [0.05, 0.1) is 0 Å². The van der Waals surface area contributed by atoms with Gasteiger partial charge in [-0.3, -0.25) is 0 Å². The van der Waals surface area contributed by atoms with Gasteiger partial charge < -0.3 is 17.7 Å². The van der Waals surface area contributed by atoms with Gasteiger partial charge in [-0.1, -0.05) is 6.92 Å². The van der Waals surface area contributed by atoms with Crippen molar-refractivity contribution in [3.05, 3.63) is 0 Å². The zero-order chi connectivity index (χ0) is 11.7. The van der Waals surface area contributed by atoms with Crippen molar-refractivity contribution in [1.29, 1.82) is 0 Å². The SMILES string of the molecule is CC[Si]1(C)O[Si](C)(C)O[Si](C)(CNC)O1. The molecule has 1 N–H and O–H groups in total. The molecular weight excluding hydrogens is 242 g/mol. The van der Waals surface area contributed by atoms with Crippen LogP contribution in [0.5, 0.6) is 0 Å². The molecule has 0 aromatic heterocycles. The molecule has 0 amide bonds. The van der Waals surface area contributed by atoms with Crippen LogP contribution in [0.1, 0.15) is 6.92 Å². The Morgan fingerprint density at radius 2 is 1.47 bits per heavy atom. The van der Waals surface area contributed by atoms with Crippen molar-refractivity contribution in [2.45, 2.75) is 39.2 Å². The van der Waals surface area contributed by atoms with E-state index in [0.29, 0.717) is 0 Å². The summed E-state index contributed by atoms with van der Waals surface area (Å²) in [7, 11) is -4.02. The van der Waals surface area contributed by atoms with Crippen LogP contribution in [0.3, 0.4) is 0 Å². The molecule has 0 saturated carbocycles. The third kappa shape index (κ3) is 3.48. The van der Waals surface area contributed by atoms with Gasteiger partial charge in [-0.15, -0.1) is 0 Å². The van der Waals surface area contributed by atoms with E-state index >= 15 is 0 Å². The maximum atomic E-state index is 6.19. The molecule has 2 unspecified atom stereocenters. The standard InChI is InChI=1S/C8H23NO3Si3/c1-7-14(5)10-13(3,4)11-15(6,12-14)8-9-2/h9H,7-8H2,1-6H3. The lowest BCUT2D eigenvalue weighted by molar-refractivity contribution is 0.227. The Kier molecular flexibility index (Phi) is 3.97. The van der Waals surface area contributed by atoms with Crippen LogP contribution in [-0.2, 0) is 12.3 Å². The van der Waals surface area contributed by atoms with Crippen LogP contribution in [0, 0.1) is 0 Å². The Labute approximate surface area is 96.1 Å². The normalized spacial score (nSPS) is 40.4. The van der Waals surface area contributed by atoms with E-state index in [1.54, 1.807) is 0 Å². The highest BCUT2D eigenvalue weighted by Gasteiger charge is 2.53. The van der Waals surface area contributed by atoms with E-state index in [1.807, 2.05) is 7.05 Å². The first-order chi connectivity index (χ1) is 6.74. The summed E-state index contributed by atoms with van der Waals surface area (Å²) < 4.78 is 18.4. The van der Waals surface area contributed by atoms with Crippen LogP contribution in [0.15, 0.2) is 0 Å². The fraction of sp³-hybridized carbons (Fsp3) is 1.00. The molecule has 4 nitrogen and oxygen atoms in total. The molecule has 1 rings (SSSR count). The van der Waals surface area contributed by atoms with E-state index in [-0.39, 0.29) is 0 Å². The van der Waals surface area contributed by atoms with Crippen molar-refractivity contribution in [2.75, 3.05) is 13.2 Å². The lowest BCUT2D eigenvalue weighted by Gasteiger charge is -2.48. The second kappa shape index (κ2) is 4.40. The molecule has 2 atom stereocenters. The first kappa shape index (κ1) is 13.6. The van der Waals surface area contributed by atoms with Gasteiger partial charge >= 0.3 is 25.7 Å². The molecule has 15 heavy (non-hydrogen) atoms. The summed E-state index contributed by atoms with van der Waals surface area (Å²) >= 11 is 0. The third-order valence-electron chi connectivity index (χ3n) is 2.50. The Bertz CT molecular complexity index is 241. The Hall–Kier alpha value is 0.491. The van der Waals surface area contributed by atoms with Crippen LogP contribution in [0.4, 0.5) is 0 Å². The summed E-state index contributed by atoms with van der Waals surface area (Å²) in [6, 6.07) is 0.999. The van der Waals surface area contributed by atoms with Gasteiger partial charge in [0.1, 0.15) is 0 Å². The largest absolute Gasteiger partial charge is 0.416 e. The average molecular weight is 266 g/mol. The summed E-state index contributed by atoms with van der Waals surface area (Å²) in [5.74, 6) is 0. The molecule has 0 aromatic carbocycles. The molecule has 1 aliphatic heterocycles. The fourth-order valence-electron chi connectivity index (χ4n) is 2.10. The van der Waals surface area contributed by atoms with E-state index in [2.05, 4.69) is 38.4 Å². The van der Waals surface area contributed by atoms with E-state index in [9.17, 15) is 0 Å². The highest BCUT2D eigenvalue weighted by molar-refractivity contribution is 6.93. The molecule has 1 aliphatic rings. The number of nitrogens with one attached hydrogen (secondary N) is 1. The third-order valence-corrected chi connectivity index (χ3v) is 15.6. The van der Waals surface area contributed by atoms with Crippen molar-refractivity contribution >= 4 is 25.7 Å². The predicted octanol–water partition coefficient (Wildman–Crippen LogP) is 1.67. The zero-order valence-corrected chi connectivity index (χ0v) is 13.6. The van der Waals surface area contributed by atoms with Crippen LogP contribution in [0.25, 0.3) is 0 Å². The van der Waals surface area contributed by atoms with Gasteiger partial charge in [0.2, 0.25) is 0 Å². The van der Waals surface area contributed by atoms with Crippen LogP contribution < -0.4 is 5.32 Å². The number of hydrogen-bond acceptors (Lipinski definition) is 4. The molecule has 0 bridgehead atoms. The molecular formula is C8H23NO3Si3. The minimum absolute atomic E-state index is 0.843. The van der Waals surface area contributed by atoms with Gasteiger partial charge in [0, 0.05) is 6.17 Å². The van der Waals surface area contributed by atoms with E-state index < -0.39 is 25.7 Å². The lowest BCUT2D eigenvalue weighted by Crippen LogP contribution is -2.68. The van der Waals surface area contributed by atoms with Crippen molar-refractivity contribution in [2.24, 2.45) is 0 Å². The van der Waals surface area contributed by atoms with Gasteiger partial charge in [-0.05, 0) is 39.3 Å². The monoisotopic (exact) mass is 265 g/mol. The van der Waals surface area contributed by atoms with Gasteiger partial charge in [0.25, 0.3) is 0 Å². The van der Waals surface area contributed by atoms with Crippen LogP contribution in [-0.4, -0.2) is 38.9 Å². The Balaban J connectivity index is 2.85. The lowest BCUT2D eigenvalue weighted by atomic mass is 11.0. The number of rotatable bonds is 3. The van der Waals surface area contributed by atoms with Crippen molar-refractivity contribution < 1.29 is 12.3 Å². The molecule has 0 radical (unpaired) electrons. The van der Waals surface area contributed by atoms with Gasteiger partial charge in [0.15, 0.2) is 0 Å². The van der Waals surface area contributed by atoms with E-state index in [0.717, 1.165) is 12.2 Å². The Morgan fingerprint density at radius 1 is 0.933 bits per heavy atom. The Morgan fingerprint density at radius 3 is 1.93 bits per heavy atom. The molecule has 0 spiro atoms. The smallest absolute Gasteiger partial charge is 0.331 e. The maximum absolute atomic E-state index is 6.19. The predicted molar refractivity (Wildman–Crippen MR) is 68.4 cm³/mol. The zero-order valence-electron chi connectivity index (χ0n) is 10.6. The van der Waals surface area contributed by atoms with Crippen molar-refractivity contribution in [1.82, 2.24) is 5.32 Å². The molecule has 90 valence electrons. The second-order valence-corrected chi connectivity index (χ2v) is 15.7. The summed E-state index contributed by atoms with van der Waals surface area (Å²) in [6.07, 6.45) is 0.843. The van der Waals surface area contributed by atoms with Crippen molar-refractivity contribution in [3.8, 4) is 0 Å². The number of hydrogen-bond donors (Lipinski definition) is 1. The maximum Gasteiger partial charge on any atom is 0.331 e. The minimum Gasteiger partial charge on any atom is -0.416 e. The van der Waals surface area contributed by atoms with Crippen LogP contribution >= 0.6 is 0 Å². The highest BCUT2D eigenvalue weighted by atomic mass is 28.5. The molecule has 1 heterocycles. The molecule has 0 aromatic rings. The average Bonchev–Trinajstić information content (AvgIpc) is 1.99. The topological polar surface area (TPSA) is 39.7 Å². The summed E-state index contributed by atoms with van der Waals surface area (Å²) in [5, 5.41) is 3.18. The molecule has 1 fully saturated rings. The van der Waals surface area contributed by atoms with Crippen molar-refractivity contribution in [3.63, 3.8) is 0 Å². The highest BCUT2D eigenvalue weighted by Crippen LogP contribution is 2.31. The van der Waals surface area contributed by atoms with Gasteiger partial charge in [-0.25, -0.2) is 0 Å². The van der Waals surface area contributed by atoms with E-state index in [1.165, 1.54) is 0 Å². The fourth-order valence-corrected chi connectivity index (χ4v) is 18.1. The van der Waals surface area contributed by atoms with Crippen LogP contribution in [0.2, 0.25) is 32.2 Å². The molecule has 7 heteroatoms. The van der Waals surface area contributed by atoms with Gasteiger partial charge in [-0.2, -0.15) is 0 Å². The summed E-state index contributed by atoms with van der Waals surface area (Å²) in [5.41, 5.74) is 0. The summed E-state index contributed by atoms with van der Waals surface area (Å²) in [4.78, 5) is 0. The van der Waals surface area contributed by atoms with E-state index in [4.69, 9.17) is 12.3 Å². The minimum atomic E-state index is -2.04. The first-order valence-electron chi connectivity index (χ1n) is 5.49. The quantitative estimate of drug-likeness (QED) is 0.788. The second-order valence-electron chi connectivity index (χ2n) is 4.86. The molecule has 1 saturated heterocycles. The molecule has 0 aliphatic carbocycles. The summed E-state index contributed by atoms with van der Waals surface area (Å²) in [6.45, 7) is 10.7.